The summed E-state index contributed by atoms with van der Waals surface area (Å²) in [5.74, 6) is -0.733. The van der Waals surface area contributed by atoms with Crippen molar-refractivity contribution < 1.29 is 14.5 Å². The Hall–Kier alpha value is -2.96. The normalized spacial score (nSPS) is 11.3. The maximum absolute atomic E-state index is 12.5. The van der Waals surface area contributed by atoms with Crippen molar-refractivity contribution in [2.24, 2.45) is 0 Å². The molecule has 144 valence electrons. The Morgan fingerprint density at radius 1 is 1.19 bits per heavy atom. The number of carbonyl (C=O) groups excluding carboxylic acids is 1. The zero-order valence-corrected chi connectivity index (χ0v) is 16.5. The van der Waals surface area contributed by atoms with Crippen LogP contribution < -0.4 is 5.56 Å². The third-order valence-corrected chi connectivity index (χ3v) is 4.58. The van der Waals surface area contributed by atoms with Crippen LogP contribution in [0.5, 0.6) is 0 Å². The summed E-state index contributed by atoms with van der Waals surface area (Å²) < 4.78 is 5.83. The average molecular weight is 372 g/mol. The van der Waals surface area contributed by atoms with Gasteiger partial charge in [0.2, 0.25) is 0 Å². The van der Waals surface area contributed by atoms with Gasteiger partial charge in [0.25, 0.3) is 0 Å². The monoisotopic (exact) mass is 372 g/mol. The van der Waals surface area contributed by atoms with Gasteiger partial charge >= 0.3 is 17.2 Å². The van der Waals surface area contributed by atoms with E-state index in [0.29, 0.717) is 0 Å². The lowest BCUT2D eigenvalue weighted by Crippen LogP contribution is -2.25. The van der Waals surface area contributed by atoms with Crippen LogP contribution >= 0.6 is 0 Å². The Kier molecular flexibility index (Phi) is 5.54. The maximum atomic E-state index is 12.5. The minimum Gasteiger partial charge on any atom is -0.465 e. The van der Waals surface area contributed by atoms with Gasteiger partial charge in [-0.3, -0.25) is 14.9 Å². The van der Waals surface area contributed by atoms with E-state index in [0.717, 1.165) is 22.8 Å². The number of nitro groups is 1. The van der Waals surface area contributed by atoms with Crippen molar-refractivity contribution in [3.05, 3.63) is 72.7 Å². The number of nitrogens with zero attached hydrogens (tertiary/aromatic N) is 2. The lowest BCUT2D eigenvalue weighted by atomic mass is 9.84. The van der Waals surface area contributed by atoms with Gasteiger partial charge in [-0.05, 0) is 41.5 Å². The Morgan fingerprint density at radius 2 is 1.74 bits per heavy atom. The summed E-state index contributed by atoms with van der Waals surface area (Å²) in [4.78, 5) is 34.8. The number of esters is 1. The molecule has 1 aromatic heterocycles. The average Bonchev–Trinajstić information content (AvgIpc) is 2.57. The van der Waals surface area contributed by atoms with Gasteiger partial charge in [-0.2, -0.15) is 0 Å². The number of benzene rings is 1. The van der Waals surface area contributed by atoms with Crippen LogP contribution in [-0.2, 0) is 16.7 Å². The quantitative estimate of drug-likeness (QED) is 0.465. The molecule has 0 saturated heterocycles. The fourth-order valence-electron chi connectivity index (χ4n) is 2.94. The highest BCUT2D eigenvalue weighted by Crippen LogP contribution is 2.27. The number of carbonyl (C=O) groups is 1. The molecular formula is C20H24N2O5. The lowest BCUT2D eigenvalue weighted by molar-refractivity contribution is -0.386. The van der Waals surface area contributed by atoms with Crippen LogP contribution in [0.2, 0.25) is 0 Å². The van der Waals surface area contributed by atoms with Gasteiger partial charge in [0.1, 0.15) is 0 Å². The van der Waals surface area contributed by atoms with E-state index < -0.39 is 22.1 Å². The molecule has 7 heteroatoms. The number of aryl methyl sites for hydroxylation is 2. The van der Waals surface area contributed by atoms with Gasteiger partial charge in [0.05, 0.1) is 24.1 Å². The van der Waals surface area contributed by atoms with Crippen LogP contribution in [0.3, 0.4) is 0 Å². The molecule has 2 rings (SSSR count). The molecule has 0 fully saturated rings. The second-order valence-electron chi connectivity index (χ2n) is 7.63. The van der Waals surface area contributed by atoms with Gasteiger partial charge in [-0.25, -0.2) is 4.79 Å². The van der Waals surface area contributed by atoms with Gasteiger partial charge < -0.3 is 9.30 Å². The molecular weight excluding hydrogens is 348 g/mol. The first kappa shape index (κ1) is 20.4. The van der Waals surface area contributed by atoms with Crippen LogP contribution in [0.25, 0.3) is 0 Å². The van der Waals surface area contributed by atoms with E-state index in [2.05, 4.69) is 37.6 Å². The molecule has 1 aromatic carbocycles. The van der Waals surface area contributed by atoms with E-state index in [-0.39, 0.29) is 17.5 Å². The fraction of sp³-hybridized carbons (Fsp3) is 0.400. The zero-order chi connectivity index (χ0) is 20.5. The molecule has 0 aliphatic carbocycles. The van der Waals surface area contributed by atoms with E-state index in [4.69, 9.17) is 0 Å². The van der Waals surface area contributed by atoms with E-state index in [1.54, 1.807) is 0 Å². The largest absolute Gasteiger partial charge is 0.465 e. The molecule has 0 bridgehead atoms. The van der Waals surface area contributed by atoms with E-state index >= 15 is 0 Å². The van der Waals surface area contributed by atoms with E-state index in [9.17, 15) is 19.7 Å². The molecule has 0 atom stereocenters. The van der Waals surface area contributed by atoms with Crippen molar-refractivity contribution in [2.45, 2.75) is 46.6 Å². The van der Waals surface area contributed by atoms with E-state index in [1.165, 1.54) is 23.4 Å². The van der Waals surface area contributed by atoms with Crippen molar-refractivity contribution >= 4 is 11.7 Å². The van der Waals surface area contributed by atoms with Crippen LogP contribution in [0.15, 0.2) is 29.2 Å². The highest BCUT2D eigenvalue weighted by Gasteiger charge is 2.22. The Balaban J connectivity index is 2.61. The van der Waals surface area contributed by atoms with Crippen molar-refractivity contribution in [3.63, 3.8) is 0 Å². The SMILES string of the molecule is COC(=O)c1cc([N+](=O)[O-])c(=O)n(Cc2c(C)cc(C(C)(C)C)cc2C)c1. The molecule has 0 radical (unpaired) electrons. The fourth-order valence-corrected chi connectivity index (χ4v) is 2.94. The molecule has 2 aromatic rings. The predicted molar refractivity (Wildman–Crippen MR) is 102 cm³/mol. The summed E-state index contributed by atoms with van der Waals surface area (Å²) in [6, 6.07) is 5.07. The van der Waals surface area contributed by atoms with Gasteiger partial charge in [0, 0.05) is 12.3 Å². The third-order valence-electron chi connectivity index (χ3n) is 4.58. The molecule has 0 saturated carbocycles. The first-order valence-electron chi connectivity index (χ1n) is 8.53. The first-order valence-corrected chi connectivity index (χ1v) is 8.53. The molecule has 0 amide bonds. The van der Waals surface area contributed by atoms with Crippen LogP contribution in [0.1, 0.15) is 53.4 Å². The van der Waals surface area contributed by atoms with Crippen molar-refractivity contribution in [1.82, 2.24) is 4.57 Å². The van der Waals surface area contributed by atoms with Gasteiger partial charge in [-0.15, -0.1) is 0 Å². The third kappa shape index (κ3) is 4.24. The molecule has 0 aliphatic heterocycles. The van der Waals surface area contributed by atoms with Crippen molar-refractivity contribution in [1.29, 1.82) is 0 Å². The highest BCUT2D eigenvalue weighted by molar-refractivity contribution is 5.89. The van der Waals surface area contributed by atoms with Crippen LogP contribution in [-0.4, -0.2) is 22.6 Å². The van der Waals surface area contributed by atoms with Crippen LogP contribution in [0, 0.1) is 24.0 Å². The first-order chi connectivity index (χ1) is 12.5. The van der Waals surface area contributed by atoms with Gasteiger partial charge in [0.15, 0.2) is 0 Å². The molecule has 0 spiro atoms. The second kappa shape index (κ2) is 7.34. The number of pyridine rings is 1. The lowest BCUT2D eigenvalue weighted by Gasteiger charge is -2.22. The number of rotatable bonds is 4. The summed E-state index contributed by atoms with van der Waals surface area (Å²) in [6.07, 6.45) is 1.30. The smallest absolute Gasteiger partial charge is 0.339 e. The number of aromatic nitrogens is 1. The Labute approximate surface area is 157 Å². The summed E-state index contributed by atoms with van der Waals surface area (Å²) in [7, 11) is 1.18. The molecule has 7 nitrogen and oxygen atoms in total. The van der Waals surface area contributed by atoms with Crippen molar-refractivity contribution in [2.75, 3.05) is 7.11 Å². The molecule has 27 heavy (non-hydrogen) atoms. The zero-order valence-electron chi connectivity index (χ0n) is 16.5. The number of ether oxygens (including phenoxy) is 1. The standard InChI is InChI=1S/C20H24N2O5/c1-12-7-15(20(3,4)5)8-13(2)16(12)11-21-10-14(19(24)27-6)9-17(18(21)23)22(25)26/h7-10H,11H2,1-6H3. The minimum absolute atomic E-state index is 0.0194. The minimum atomic E-state index is -0.784. The summed E-state index contributed by atoms with van der Waals surface area (Å²) in [6.45, 7) is 10.4. The number of hydrogen-bond donors (Lipinski definition) is 0. The topological polar surface area (TPSA) is 91.4 Å². The van der Waals surface area contributed by atoms with Crippen LogP contribution in [0.4, 0.5) is 5.69 Å². The summed E-state index contributed by atoms with van der Waals surface area (Å²) in [5.41, 5.74) is 2.56. The van der Waals surface area contributed by atoms with Gasteiger partial charge in [-0.1, -0.05) is 32.9 Å². The predicted octanol–water partition coefficient (Wildman–Crippen LogP) is 3.51. The Bertz CT molecular complexity index is 944. The maximum Gasteiger partial charge on any atom is 0.339 e. The molecule has 1 heterocycles. The molecule has 0 unspecified atom stereocenters. The van der Waals surface area contributed by atoms with E-state index in [1.807, 2.05) is 13.8 Å². The highest BCUT2D eigenvalue weighted by atomic mass is 16.6. The second-order valence-corrected chi connectivity index (χ2v) is 7.63. The molecule has 0 aliphatic rings. The molecule has 0 N–H and O–H groups in total. The number of hydrogen-bond acceptors (Lipinski definition) is 5. The Morgan fingerprint density at radius 3 is 2.19 bits per heavy atom. The summed E-state index contributed by atoms with van der Waals surface area (Å²) >= 11 is 0. The van der Waals surface area contributed by atoms with Crippen molar-refractivity contribution in [3.8, 4) is 0 Å². The summed E-state index contributed by atoms with van der Waals surface area (Å²) in [5, 5.41) is 11.2. The number of methoxy groups -OCH3 is 1.